The number of amides is 3. The largest absolute Gasteiger partial charge is 0.457 e. The lowest BCUT2D eigenvalue weighted by Gasteiger charge is -2.12. The number of carbonyl (C=O) groups excluding carboxylic acids is 3. The second-order valence-electron chi connectivity index (χ2n) is 6.97. The first kappa shape index (κ1) is 19.4. The summed E-state index contributed by atoms with van der Waals surface area (Å²) in [7, 11) is 0. The number of esters is 1. The third-order valence-electron chi connectivity index (χ3n) is 4.90. The van der Waals surface area contributed by atoms with E-state index in [1.165, 1.54) is 0 Å². The molecule has 0 atom stereocenters. The molecule has 1 aliphatic heterocycles. The average molecular weight is 400 g/mol. The third-order valence-corrected chi connectivity index (χ3v) is 4.90. The van der Waals surface area contributed by atoms with Crippen molar-refractivity contribution in [3.63, 3.8) is 0 Å². The SMILES string of the molecule is O=C(OCc1ccc(-c2ccccc2)cc1)c1ccc(CN2C(=O)CNC2=O)cc1. The lowest BCUT2D eigenvalue weighted by molar-refractivity contribution is -0.125. The highest BCUT2D eigenvalue weighted by molar-refractivity contribution is 6.01. The Labute approximate surface area is 174 Å². The molecule has 0 aromatic heterocycles. The van der Waals surface area contributed by atoms with Crippen molar-refractivity contribution >= 4 is 17.9 Å². The van der Waals surface area contributed by atoms with Crippen LogP contribution < -0.4 is 5.32 Å². The third kappa shape index (κ3) is 4.38. The Kier molecular flexibility index (Phi) is 5.57. The van der Waals surface area contributed by atoms with Gasteiger partial charge in [0.1, 0.15) is 6.61 Å². The number of hydrogen-bond donors (Lipinski definition) is 1. The first-order chi connectivity index (χ1) is 14.6. The molecule has 1 aliphatic rings. The topological polar surface area (TPSA) is 75.7 Å². The van der Waals surface area contributed by atoms with Crippen LogP contribution in [0.15, 0.2) is 78.9 Å². The van der Waals surface area contributed by atoms with Crippen molar-refractivity contribution < 1.29 is 19.1 Å². The van der Waals surface area contributed by atoms with Gasteiger partial charge in [0.15, 0.2) is 0 Å². The highest BCUT2D eigenvalue weighted by Gasteiger charge is 2.28. The van der Waals surface area contributed by atoms with Crippen LogP contribution in [0.25, 0.3) is 11.1 Å². The second kappa shape index (κ2) is 8.61. The zero-order valence-corrected chi connectivity index (χ0v) is 16.2. The van der Waals surface area contributed by atoms with E-state index in [0.717, 1.165) is 27.2 Å². The normalized spacial score (nSPS) is 13.3. The number of hydrogen-bond acceptors (Lipinski definition) is 4. The van der Waals surface area contributed by atoms with Crippen LogP contribution in [-0.2, 0) is 22.7 Å². The quantitative estimate of drug-likeness (QED) is 0.505. The predicted molar refractivity (Wildman–Crippen MR) is 111 cm³/mol. The Hall–Kier alpha value is -3.93. The second-order valence-corrected chi connectivity index (χ2v) is 6.97. The highest BCUT2D eigenvalue weighted by atomic mass is 16.5. The molecule has 1 heterocycles. The maximum absolute atomic E-state index is 12.3. The van der Waals surface area contributed by atoms with Crippen molar-refractivity contribution in [2.24, 2.45) is 0 Å². The Bertz CT molecular complexity index is 1040. The van der Waals surface area contributed by atoms with E-state index in [2.05, 4.69) is 5.32 Å². The Morgan fingerprint density at radius 1 is 0.833 bits per heavy atom. The molecule has 4 rings (SSSR count). The van der Waals surface area contributed by atoms with Crippen molar-refractivity contribution in [3.05, 3.63) is 95.6 Å². The van der Waals surface area contributed by atoms with Gasteiger partial charge in [-0.1, -0.05) is 66.7 Å². The number of carbonyl (C=O) groups is 3. The van der Waals surface area contributed by atoms with E-state index >= 15 is 0 Å². The van der Waals surface area contributed by atoms with Gasteiger partial charge in [0.25, 0.3) is 0 Å². The maximum Gasteiger partial charge on any atom is 0.338 e. The van der Waals surface area contributed by atoms with Crippen LogP contribution in [0, 0.1) is 0 Å². The molecule has 3 amide bonds. The molecule has 0 bridgehead atoms. The molecule has 6 heteroatoms. The van der Waals surface area contributed by atoms with E-state index in [0.29, 0.717) is 5.56 Å². The van der Waals surface area contributed by atoms with Gasteiger partial charge in [-0.15, -0.1) is 0 Å². The molecule has 1 saturated heterocycles. The summed E-state index contributed by atoms with van der Waals surface area (Å²) in [4.78, 5) is 36.7. The van der Waals surface area contributed by atoms with Crippen LogP contribution in [0.4, 0.5) is 4.79 Å². The number of nitrogens with one attached hydrogen (secondary N) is 1. The zero-order chi connectivity index (χ0) is 20.9. The van der Waals surface area contributed by atoms with Crippen molar-refractivity contribution in [3.8, 4) is 11.1 Å². The summed E-state index contributed by atoms with van der Waals surface area (Å²) in [5.41, 5.74) is 4.31. The van der Waals surface area contributed by atoms with Crippen molar-refractivity contribution in [2.75, 3.05) is 6.54 Å². The minimum absolute atomic E-state index is 0.0234. The van der Waals surface area contributed by atoms with Crippen LogP contribution in [0.3, 0.4) is 0 Å². The van der Waals surface area contributed by atoms with E-state index in [1.54, 1.807) is 24.3 Å². The van der Waals surface area contributed by atoms with E-state index in [1.807, 2.05) is 54.6 Å². The van der Waals surface area contributed by atoms with E-state index < -0.39 is 12.0 Å². The molecule has 150 valence electrons. The molecule has 0 unspecified atom stereocenters. The molecule has 0 radical (unpaired) electrons. The number of imide groups is 1. The Morgan fingerprint density at radius 2 is 1.47 bits per heavy atom. The molecule has 30 heavy (non-hydrogen) atoms. The molecule has 0 saturated carbocycles. The molecule has 1 fully saturated rings. The molecular formula is C24H20N2O4. The molecular weight excluding hydrogens is 380 g/mol. The highest BCUT2D eigenvalue weighted by Crippen LogP contribution is 2.20. The number of nitrogens with zero attached hydrogens (tertiary/aromatic N) is 1. The van der Waals surface area contributed by atoms with Gasteiger partial charge in [0.2, 0.25) is 5.91 Å². The molecule has 0 aliphatic carbocycles. The van der Waals surface area contributed by atoms with Crippen LogP contribution in [0.5, 0.6) is 0 Å². The van der Waals surface area contributed by atoms with Crippen molar-refractivity contribution in [1.29, 1.82) is 0 Å². The van der Waals surface area contributed by atoms with Gasteiger partial charge in [-0.25, -0.2) is 9.59 Å². The summed E-state index contributed by atoms with van der Waals surface area (Å²) in [6.45, 7) is 0.376. The molecule has 3 aromatic rings. The van der Waals surface area contributed by atoms with Crippen molar-refractivity contribution in [2.45, 2.75) is 13.2 Å². The Morgan fingerprint density at radius 3 is 2.10 bits per heavy atom. The fraction of sp³-hybridized carbons (Fsp3) is 0.125. The fourth-order valence-corrected chi connectivity index (χ4v) is 3.20. The summed E-state index contributed by atoms with van der Waals surface area (Å²) in [5.74, 6) is -0.689. The summed E-state index contributed by atoms with van der Waals surface area (Å²) in [6.07, 6.45) is 0. The van der Waals surface area contributed by atoms with Gasteiger partial charge in [-0.3, -0.25) is 9.69 Å². The van der Waals surface area contributed by atoms with Crippen LogP contribution >= 0.6 is 0 Å². The summed E-state index contributed by atoms with van der Waals surface area (Å²) in [6, 6.07) is 24.2. The summed E-state index contributed by atoms with van der Waals surface area (Å²) < 4.78 is 5.40. The first-order valence-corrected chi connectivity index (χ1v) is 9.59. The number of ether oxygens (including phenoxy) is 1. The van der Waals surface area contributed by atoms with Gasteiger partial charge >= 0.3 is 12.0 Å². The molecule has 1 N–H and O–H groups in total. The monoisotopic (exact) mass is 400 g/mol. The molecule has 3 aromatic carbocycles. The molecule has 6 nitrogen and oxygen atoms in total. The minimum atomic E-state index is -0.427. The van der Waals surface area contributed by atoms with Gasteiger partial charge < -0.3 is 10.1 Å². The van der Waals surface area contributed by atoms with E-state index in [4.69, 9.17) is 4.74 Å². The van der Waals surface area contributed by atoms with Gasteiger partial charge in [-0.05, 0) is 34.4 Å². The molecule has 0 spiro atoms. The zero-order valence-electron chi connectivity index (χ0n) is 16.2. The minimum Gasteiger partial charge on any atom is -0.457 e. The summed E-state index contributed by atoms with van der Waals surface area (Å²) in [5, 5.41) is 2.48. The number of benzene rings is 3. The van der Waals surface area contributed by atoms with Crippen LogP contribution in [-0.4, -0.2) is 29.4 Å². The van der Waals surface area contributed by atoms with E-state index in [-0.39, 0.29) is 25.6 Å². The van der Waals surface area contributed by atoms with Crippen LogP contribution in [0.2, 0.25) is 0 Å². The van der Waals surface area contributed by atoms with Gasteiger partial charge in [0, 0.05) is 0 Å². The maximum atomic E-state index is 12.3. The average Bonchev–Trinajstić information content (AvgIpc) is 3.11. The first-order valence-electron chi connectivity index (χ1n) is 9.59. The lowest BCUT2D eigenvalue weighted by Crippen LogP contribution is -2.30. The lowest BCUT2D eigenvalue weighted by atomic mass is 10.0. The predicted octanol–water partition coefficient (Wildman–Crippen LogP) is 3.76. The van der Waals surface area contributed by atoms with Gasteiger partial charge in [0.05, 0.1) is 18.7 Å². The number of rotatable bonds is 6. The van der Waals surface area contributed by atoms with E-state index in [9.17, 15) is 14.4 Å². The van der Waals surface area contributed by atoms with Gasteiger partial charge in [-0.2, -0.15) is 0 Å². The number of urea groups is 1. The Balaban J connectivity index is 1.33. The smallest absolute Gasteiger partial charge is 0.338 e. The van der Waals surface area contributed by atoms with Crippen molar-refractivity contribution in [1.82, 2.24) is 10.2 Å². The standard InChI is InChI=1S/C24H20N2O4/c27-22-14-25-24(29)26(22)15-17-6-12-21(13-7-17)23(28)30-16-18-8-10-20(11-9-18)19-4-2-1-3-5-19/h1-13H,14-16H2,(H,25,29). The fourth-order valence-electron chi connectivity index (χ4n) is 3.20. The summed E-state index contributed by atoms with van der Waals surface area (Å²) >= 11 is 0. The van der Waals surface area contributed by atoms with Crippen LogP contribution in [0.1, 0.15) is 21.5 Å².